The van der Waals surface area contributed by atoms with E-state index in [4.69, 9.17) is 4.74 Å². The van der Waals surface area contributed by atoms with Gasteiger partial charge in [0, 0.05) is 15.7 Å². The van der Waals surface area contributed by atoms with Crippen molar-refractivity contribution in [2.45, 2.75) is 12.8 Å². The minimum Gasteiger partial charge on any atom is -0.497 e. The van der Waals surface area contributed by atoms with E-state index in [1.54, 1.807) is 7.11 Å². The SMILES string of the molecule is COc1ccc(CCC(=O)Nc2ccc(I)cc2)cc1. The number of hydrogen-bond acceptors (Lipinski definition) is 2. The highest BCUT2D eigenvalue weighted by atomic mass is 127. The average Bonchev–Trinajstić information content (AvgIpc) is 2.48. The van der Waals surface area contributed by atoms with E-state index in [9.17, 15) is 4.79 Å². The highest BCUT2D eigenvalue weighted by molar-refractivity contribution is 14.1. The largest absolute Gasteiger partial charge is 0.497 e. The number of amides is 1. The van der Waals surface area contributed by atoms with E-state index >= 15 is 0 Å². The van der Waals surface area contributed by atoms with Crippen molar-refractivity contribution >= 4 is 34.2 Å². The number of rotatable bonds is 5. The summed E-state index contributed by atoms with van der Waals surface area (Å²) in [5.41, 5.74) is 1.97. The van der Waals surface area contributed by atoms with Gasteiger partial charge in [0.05, 0.1) is 7.11 Å². The Labute approximate surface area is 132 Å². The Balaban J connectivity index is 1.83. The van der Waals surface area contributed by atoms with Gasteiger partial charge in [-0.05, 0) is 71.0 Å². The van der Waals surface area contributed by atoms with E-state index in [0.717, 1.165) is 27.0 Å². The molecule has 0 fully saturated rings. The lowest BCUT2D eigenvalue weighted by Crippen LogP contribution is -2.12. The van der Waals surface area contributed by atoms with Crippen LogP contribution >= 0.6 is 22.6 Å². The number of aryl methyl sites for hydroxylation is 1. The Kier molecular flexibility index (Phi) is 5.40. The summed E-state index contributed by atoms with van der Waals surface area (Å²) in [4.78, 5) is 11.9. The summed E-state index contributed by atoms with van der Waals surface area (Å²) in [5.74, 6) is 0.860. The number of ether oxygens (including phenoxy) is 1. The van der Waals surface area contributed by atoms with Crippen LogP contribution in [0.5, 0.6) is 5.75 Å². The third-order valence-corrected chi connectivity index (χ3v) is 3.65. The first kappa shape index (κ1) is 14.8. The number of hydrogen-bond donors (Lipinski definition) is 1. The van der Waals surface area contributed by atoms with Crippen LogP contribution in [0, 0.1) is 3.57 Å². The lowest BCUT2D eigenvalue weighted by Gasteiger charge is -2.06. The number of carbonyl (C=O) groups is 1. The highest BCUT2D eigenvalue weighted by Crippen LogP contribution is 2.14. The van der Waals surface area contributed by atoms with Gasteiger partial charge in [-0.2, -0.15) is 0 Å². The third-order valence-electron chi connectivity index (χ3n) is 2.93. The summed E-state index contributed by atoms with van der Waals surface area (Å²) < 4.78 is 6.26. The zero-order chi connectivity index (χ0) is 14.4. The standard InChI is InChI=1S/C16H16INO2/c1-20-15-9-2-12(3-10-15)4-11-16(19)18-14-7-5-13(17)6-8-14/h2-3,5-10H,4,11H2,1H3,(H,18,19). The molecule has 1 amide bonds. The number of methoxy groups -OCH3 is 1. The maximum Gasteiger partial charge on any atom is 0.224 e. The molecule has 2 aromatic rings. The molecule has 1 N–H and O–H groups in total. The molecule has 0 radical (unpaired) electrons. The molecular formula is C16H16INO2. The molecule has 0 heterocycles. The zero-order valence-electron chi connectivity index (χ0n) is 11.2. The molecule has 0 atom stereocenters. The van der Waals surface area contributed by atoms with Gasteiger partial charge < -0.3 is 10.1 Å². The molecule has 104 valence electrons. The van der Waals surface area contributed by atoms with Crippen LogP contribution in [0.1, 0.15) is 12.0 Å². The zero-order valence-corrected chi connectivity index (χ0v) is 13.4. The van der Waals surface area contributed by atoms with Gasteiger partial charge in [0.2, 0.25) is 5.91 Å². The van der Waals surface area contributed by atoms with Gasteiger partial charge in [0.15, 0.2) is 0 Å². The van der Waals surface area contributed by atoms with Crippen molar-refractivity contribution in [3.05, 3.63) is 57.7 Å². The van der Waals surface area contributed by atoms with Gasteiger partial charge in [-0.25, -0.2) is 0 Å². The Bertz CT molecular complexity index is 564. The smallest absolute Gasteiger partial charge is 0.224 e. The predicted molar refractivity (Wildman–Crippen MR) is 89.1 cm³/mol. The minimum atomic E-state index is 0.0297. The van der Waals surface area contributed by atoms with Crippen LogP contribution in [0.2, 0.25) is 0 Å². The Morgan fingerprint density at radius 1 is 1.10 bits per heavy atom. The second kappa shape index (κ2) is 7.28. The van der Waals surface area contributed by atoms with Crippen molar-refractivity contribution in [1.82, 2.24) is 0 Å². The van der Waals surface area contributed by atoms with Gasteiger partial charge in [0.1, 0.15) is 5.75 Å². The van der Waals surface area contributed by atoms with Crippen LogP contribution in [-0.4, -0.2) is 13.0 Å². The summed E-state index contributed by atoms with van der Waals surface area (Å²) in [5, 5.41) is 2.89. The number of anilines is 1. The van der Waals surface area contributed by atoms with Crippen molar-refractivity contribution in [3.8, 4) is 5.75 Å². The molecule has 0 bridgehead atoms. The predicted octanol–water partition coefficient (Wildman–Crippen LogP) is 3.87. The van der Waals surface area contributed by atoms with Crippen molar-refractivity contribution in [2.75, 3.05) is 12.4 Å². The average molecular weight is 381 g/mol. The molecular weight excluding hydrogens is 365 g/mol. The molecule has 3 nitrogen and oxygen atoms in total. The first-order valence-electron chi connectivity index (χ1n) is 6.36. The summed E-state index contributed by atoms with van der Waals surface area (Å²) >= 11 is 2.24. The lowest BCUT2D eigenvalue weighted by molar-refractivity contribution is -0.116. The summed E-state index contributed by atoms with van der Waals surface area (Å²) in [7, 11) is 1.64. The van der Waals surface area contributed by atoms with Gasteiger partial charge in [-0.3, -0.25) is 4.79 Å². The molecule has 0 spiro atoms. The van der Waals surface area contributed by atoms with Gasteiger partial charge in [0.25, 0.3) is 0 Å². The quantitative estimate of drug-likeness (QED) is 0.799. The van der Waals surface area contributed by atoms with E-state index in [-0.39, 0.29) is 5.91 Å². The van der Waals surface area contributed by atoms with E-state index in [1.807, 2.05) is 48.5 Å². The molecule has 4 heteroatoms. The topological polar surface area (TPSA) is 38.3 Å². The highest BCUT2D eigenvalue weighted by Gasteiger charge is 2.03. The molecule has 0 aliphatic heterocycles. The molecule has 2 rings (SSSR count). The summed E-state index contributed by atoms with van der Waals surface area (Å²) in [6, 6.07) is 15.5. The number of carbonyl (C=O) groups excluding carboxylic acids is 1. The number of halogens is 1. The molecule has 0 saturated heterocycles. The van der Waals surface area contributed by atoms with Crippen LogP contribution in [0.15, 0.2) is 48.5 Å². The van der Waals surface area contributed by atoms with Crippen molar-refractivity contribution in [1.29, 1.82) is 0 Å². The van der Waals surface area contributed by atoms with Crippen LogP contribution in [0.3, 0.4) is 0 Å². The van der Waals surface area contributed by atoms with Crippen molar-refractivity contribution in [3.63, 3.8) is 0 Å². The maximum absolute atomic E-state index is 11.9. The maximum atomic E-state index is 11.9. The number of benzene rings is 2. The lowest BCUT2D eigenvalue weighted by atomic mass is 10.1. The fourth-order valence-corrected chi connectivity index (χ4v) is 2.17. The molecule has 0 saturated carbocycles. The van der Waals surface area contributed by atoms with Crippen LogP contribution in [-0.2, 0) is 11.2 Å². The van der Waals surface area contributed by atoms with E-state index in [1.165, 1.54) is 0 Å². The molecule has 2 aromatic carbocycles. The number of nitrogens with one attached hydrogen (secondary N) is 1. The second-order valence-electron chi connectivity index (χ2n) is 4.40. The molecule has 0 unspecified atom stereocenters. The van der Waals surface area contributed by atoms with Gasteiger partial charge in [-0.15, -0.1) is 0 Å². The van der Waals surface area contributed by atoms with Crippen molar-refractivity contribution < 1.29 is 9.53 Å². The Hall–Kier alpha value is -1.56. The van der Waals surface area contributed by atoms with E-state index in [0.29, 0.717) is 6.42 Å². The molecule has 0 aliphatic rings. The van der Waals surface area contributed by atoms with Crippen LogP contribution in [0.25, 0.3) is 0 Å². The van der Waals surface area contributed by atoms with Gasteiger partial charge >= 0.3 is 0 Å². The fraction of sp³-hybridized carbons (Fsp3) is 0.188. The molecule has 20 heavy (non-hydrogen) atoms. The van der Waals surface area contributed by atoms with Gasteiger partial charge in [-0.1, -0.05) is 12.1 Å². The van der Waals surface area contributed by atoms with Crippen molar-refractivity contribution in [2.24, 2.45) is 0 Å². The molecule has 0 aromatic heterocycles. The molecule has 0 aliphatic carbocycles. The Morgan fingerprint density at radius 2 is 1.75 bits per heavy atom. The first-order chi connectivity index (χ1) is 9.67. The normalized spacial score (nSPS) is 10.1. The van der Waals surface area contributed by atoms with E-state index < -0.39 is 0 Å². The minimum absolute atomic E-state index is 0.0297. The summed E-state index contributed by atoms with van der Waals surface area (Å²) in [6.45, 7) is 0. The second-order valence-corrected chi connectivity index (χ2v) is 5.65. The van der Waals surface area contributed by atoms with E-state index in [2.05, 4.69) is 27.9 Å². The third kappa shape index (κ3) is 4.52. The fourth-order valence-electron chi connectivity index (χ4n) is 1.81. The van der Waals surface area contributed by atoms with Crippen LogP contribution < -0.4 is 10.1 Å². The Morgan fingerprint density at radius 3 is 2.35 bits per heavy atom. The summed E-state index contributed by atoms with van der Waals surface area (Å²) in [6.07, 6.45) is 1.19. The first-order valence-corrected chi connectivity index (χ1v) is 7.43. The monoisotopic (exact) mass is 381 g/mol. The van der Waals surface area contributed by atoms with Crippen LogP contribution in [0.4, 0.5) is 5.69 Å².